The summed E-state index contributed by atoms with van der Waals surface area (Å²) in [6.45, 7) is 3.46. The van der Waals surface area contributed by atoms with E-state index in [0.717, 1.165) is 12.8 Å². The number of carboxylic acids is 2. The summed E-state index contributed by atoms with van der Waals surface area (Å²) < 4.78 is 0. The molecule has 0 aromatic heterocycles. The van der Waals surface area contributed by atoms with Gasteiger partial charge in [-0.25, -0.2) is 4.79 Å². The Hall–Kier alpha value is 0.536. The van der Waals surface area contributed by atoms with Crippen molar-refractivity contribution in [2.45, 2.75) is 123 Å². The monoisotopic (exact) mass is 412 g/mol. The molecule has 0 rings (SSSR count). The molecule has 156 valence electrons. The van der Waals surface area contributed by atoms with Crippen molar-refractivity contribution in [1.82, 2.24) is 0 Å². The summed E-state index contributed by atoms with van der Waals surface area (Å²) in [5.74, 6) is -2.09. The van der Waals surface area contributed by atoms with E-state index in [2.05, 4.69) is 6.92 Å². The van der Waals surface area contributed by atoms with Crippen LogP contribution in [0.4, 0.5) is 0 Å². The average Bonchev–Trinajstić information content (AvgIpc) is 2.58. The smallest absolute Gasteiger partial charge is 0.550 e. The van der Waals surface area contributed by atoms with Crippen molar-refractivity contribution >= 4 is 11.9 Å². The summed E-state index contributed by atoms with van der Waals surface area (Å²) in [6, 6.07) is 0. The van der Waals surface area contributed by atoms with E-state index in [-0.39, 0.29) is 57.8 Å². The number of carboxylic acid groups (broad SMARTS) is 2. The van der Waals surface area contributed by atoms with Gasteiger partial charge >= 0.3 is 57.4 Å². The molecule has 0 aromatic carbocycles. The van der Waals surface area contributed by atoms with Gasteiger partial charge in [0, 0.05) is 5.97 Å². The zero-order valence-corrected chi connectivity index (χ0v) is 21.1. The van der Waals surface area contributed by atoms with Crippen molar-refractivity contribution in [1.29, 1.82) is 0 Å². The molecule has 0 saturated carbocycles. The van der Waals surface area contributed by atoms with Gasteiger partial charge in [0.25, 0.3) is 0 Å². The van der Waals surface area contributed by atoms with Crippen LogP contribution in [0.15, 0.2) is 0 Å². The number of hydrogen-bond donors (Lipinski definition) is 2. The molecule has 0 aromatic rings. The minimum atomic E-state index is -1.23. The normalized spacial score (nSPS) is 11.1. The molecule has 1 unspecified atom stereocenters. The predicted octanol–water partition coefficient (Wildman–Crippen LogP) is 1.45. The van der Waals surface area contributed by atoms with Gasteiger partial charge in [0.2, 0.25) is 0 Å². The third kappa shape index (κ3) is 34.4. The van der Waals surface area contributed by atoms with Crippen molar-refractivity contribution in [2.24, 2.45) is 0 Å². The van der Waals surface area contributed by atoms with E-state index in [1.54, 1.807) is 0 Å². The first-order valence-corrected chi connectivity index (χ1v) is 10.5. The summed E-state index contributed by atoms with van der Waals surface area (Å²) in [4.78, 5) is 19.7. The van der Waals surface area contributed by atoms with Crippen molar-refractivity contribution in [3.8, 4) is 0 Å². The van der Waals surface area contributed by atoms with E-state index in [9.17, 15) is 14.7 Å². The van der Waals surface area contributed by atoms with Crippen LogP contribution in [0.2, 0.25) is 0 Å². The second-order valence-electron chi connectivity index (χ2n) is 7.09. The zero-order chi connectivity index (χ0) is 20.0. The van der Waals surface area contributed by atoms with Crippen LogP contribution < -0.4 is 56.5 Å². The fourth-order valence-electron chi connectivity index (χ4n) is 2.64. The van der Waals surface area contributed by atoms with E-state index in [1.165, 1.54) is 90.4 Å². The van der Waals surface area contributed by atoms with E-state index >= 15 is 0 Å². The number of hydrogen-bond acceptors (Lipinski definition) is 4. The van der Waals surface area contributed by atoms with Crippen LogP contribution in [-0.2, 0) is 9.59 Å². The maximum atomic E-state index is 10.2. The Morgan fingerprint density at radius 2 is 1.00 bits per heavy atom. The second-order valence-corrected chi connectivity index (χ2v) is 7.09. The Balaban J connectivity index is -0.000000709. The minimum Gasteiger partial charge on any atom is -0.550 e. The SMILES string of the molecule is CC(O)C(=O)O.CCCCCCCCCCCCCCCCCC(=O)[O-].[K+]. The average molecular weight is 413 g/mol. The number of aliphatic hydroxyl groups excluding tert-OH is 1. The Kier molecular flexibility index (Phi) is 31.7. The van der Waals surface area contributed by atoms with E-state index in [4.69, 9.17) is 10.2 Å². The molecular weight excluding hydrogens is 371 g/mol. The standard InChI is InChI=1S/C18H36O2.C3H6O3.K/c1-2-3-4-5-6-7-8-9-10-11-12-13-14-15-16-17-18(19)20;1-2(4)3(5)6;/h2-17H2,1H3,(H,19,20);2,4H,1H3,(H,5,6);/q;;+1/p-1. The van der Waals surface area contributed by atoms with E-state index in [1.807, 2.05) is 0 Å². The van der Waals surface area contributed by atoms with Crippen molar-refractivity contribution < 1.29 is 76.3 Å². The van der Waals surface area contributed by atoms with Crippen molar-refractivity contribution in [3.63, 3.8) is 0 Å². The third-order valence-electron chi connectivity index (χ3n) is 4.34. The Morgan fingerprint density at radius 3 is 1.22 bits per heavy atom. The van der Waals surface area contributed by atoms with Crippen LogP contribution in [-0.4, -0.2) is 28.3 Å². The van der Waals surface area contributed by atoms with Gasteiger partial charge in [-0.2, -0.15) is 0 Å². The molecule has 5 nitrogen and oxygen atoms in total. The van der Waals surface area contributed by atoms with Gasteiger partial charge in [-0.15, -0.1) is 0 Å². The van der Waals surface area contributed by atoms with Crippen LogP contribution in [0.5, 0.6) is 0 Å². The first kappa shape index (κ1) is 32.2. The maximum absolute atomic E-state index is 10.2. The minimum absolute atomic E-state index is 0. The molecule has 0 fully saturated rings. The fraction of sp³-hybridized carbons (Fsp3) is 0.905. The molecule has 0 saturated heterocycles. The Bertz CT molecular complexity index is 322. The molecule has 0 heterocycles. The predicted molar refractivity (Wildman–Crippen MR) is 104 cm³/mol. The largest absolute Gasteiger partial charge is 1.00 e. The first-order valence-electron chi connectivity index (χ1n) is 10.5. The summed E-state index contributed by atoms with van der Waals surface area (Å²) in [7, 11) is 0. The Morgan fingerprint density at radius 1 is 0.741 bits per heavy atom. The van der Waals surface area contributed by atoms with Gasteiger partial charge in [0.05, 0.1) is 0 Å². The summed E-state index contributed by atoms with van der Waals surface area (Å²) in [5.41, 5.74) is 0. The number of unbranched alkanes of at least 4 members (excludes halogenated alkanes) is 14. The molecule has 0 radical (unpaired) electrons. The fourth-order valence-corrected chi connectivity index (χ4v) is 2.64. The van der Waals surface area contributed by atoms with Gasteiger partial charge in [-0.1, -0.05) is 96.8 Å². The molecule has 2 N–H and O–H groups in total. The summed E-state index contributed by atoms with van der Waals surface area (Å²) in [5, 5.41) is 26.0. The topological polar surface area (TPSA) is 97.7 Å². The van der Waals surface area contributed by atoms with E-state index < -0.39 is 18.0 Å². The van der Waals surface area contributed by atoms with Gasteiger partial charge in [-0.3, -0.25) is 0 Å². The molecule has 0 spiro atoms. The second kappa shape index (κ2) is 26.5. The number of aliphatic carboxylic acids is 2. The molecule has 0 bridgehead atoms. The van der Waals surface area contributed by atoms with Crippen LogP contribution >= 0.6 is 0 Å². The molecule has 0 aliphatic heterocycles. The third-order valence-corrected chi connectivity index (χ3v) is 4.34. The van der Waals surface area contributed by atoms with Crippen LogP contribution in [0, 0.1) is 0 Å². The summed E-state index contributed by atoms with van der Waals surface area (Å²) in [6.07, 6.45) is 18.6. The zero-order valence-electron chi connectivity index (χ0n) is 18.0. The number of rotatable bonds is 17. The number of aliphatic hydroxyl groups is 1. The molecule has 6 heteroatoms. The number of carbonyl (C=O) groups excluding carboxylic acids is 1. The van der Waals surface area contributed by atoms with Gasteiger partial charge in [0.1, 0.15) is 6.10 Å². The van der Waals surface area contributed by atoms with Crippen LogP contribution in [0.1, 0.15) is 117 Å². The Labute approximate surface area is 209 Å². The number of carbonyl (C=O) groups is 2. The molecular formula is C21H41KO5. The molecule has 0 amide bonds. The first-order chi connectivity index (χ1) is 12.4. The van der Waals surface area contributed by atoms with Gasteiger partial charge in [0.15, 0.2) is 0 Å². The van der Waals surface area contributed by atoms with Crippen LogP contribution in [0.25, 0.3) is 0 Å². The van der Waals surface area contributed by atoms with Crippen molar-refractivity contribution in [2.75, 3.05) is 0 Å². The van der Waals surface area contributed by atoms with Crippen molar-refractivity contribution in [3.05, 3.63) is 0 Å². The summed E-state index contributed by atoms with van der Waals surface area (Å²) >= 11 is 0. The molecule has 0 aliphatic carbocycles. The van der Waals surface area contributed by atoms with Crippen LogP contribution in [0.3, 0.4) is 0 Å². The quantitative estimate of drug-likeness (QED) is 0.278. The van der Waals surface area contributed by atoms with E-state index in [0.29, 0.717) is 0 Å². The molecule has 1 atom stereocenters. The van der Waals surface area contributed by atoms with Gasteiger partial charge < -0.3 is 20.1 Å². The molecule has 0 aliphatic rings. The molecule has 27 heavy (non-hydrogen) atoms. The maximum Gasteiger partial charge on any atom is 1.00 e. The van der Waals surface area contributed by atoms with Gasteiger partial charge in [-0.05, 0) is 19.8 Å².